The molecule has 1 aromatic carbocycles. The van der Waals surface area contributed by atoms with E-state index in [-0.39, 0.29) is 29.5 Å². The van der Waals surface area contributed by atoms with Gasteiger partial charge in [-0.3, -0.25) is 0 Å². The second-order valence-electron chi connectivity index (χ2n) is 7.35. The largest absolute Gasteiger partial charge is 0.495 e. The van der Waals surface area contributed by atoms with E-state index in [1.165, 1.54) is 12.7 Å². The zero-order chi connectivity index (χ0) is 19.6. The van der Waals surface area contributed by atoms with E-state index >= 15 is 0 Å². The van der Waals surface area contributed by atoms with Gasteiger partial charge in [-0.25, -0.2) is 13.2 Å². The van der Waals surface area contributed by atoms with Gasteiger partial charge < -0.3 is 9.47 Å². The molecule has 5 nitrogen and oxygen atoms in total. The molecule has 2 aliphatic rings. The van der Waals surface area contributed by atoms with Crippen LogP contribution < -0.4 is 0 Å². The highest BCUT2D eigenvalue weighted by Crippen LogP contribution is 2.37. The van der Waals surface area contributed by atoms with Crippen LogP contribution in [-0.2, 0) is 19.3 Å². The maximum atomic E-state index is 11.8. The van der Waals surface area contributed by atoms with E-state index < -0.39 is 9.84 Å². The molecule has 1 aliphatic carbocycles. The Kier molecular flexibility index (Phi) is 5.75. The SMILES string of the molecule is COC(=O)c1cccc(C2=C(C)C=C(OC3CCS(=O)(=O)CC3)C[C@@H]2C)c1. The zero-order valence-electron chi connectivity index (χ0n) is 16.0. The molecular formula is C21H26O5S. The minimum atomic E-state index is -2.88. The minimum absolute atomic E-state index is 0.0241. The predicted octanol–water partition coefficient (Wildman–Crippen LogP) is 3.76. The molecule has 0 aromatic heterocycles. The van der Waals surface area contributed by atoms with Gasteiger partial charge in [-0.1, -0.05) is 19.1 Å². The normalized spacial score (nSPS) is 22.9. The molecule has 0 saturated carbocycles. The van der Waals surface area contributed by atoms with Crippen molar-refractivity contribution in [1.29, 1.82) is 0 Å². The molecule has 0 N–H and O–H groups in total. The summed E-state index contributed by atoms with van der Waals surface area (Å²) in [5.41, 5.74) is 3.85. The average molecular weight is 391 g/mol. The number of sulfone groups is 1. The van der Waals surface area contributed by atoms with Gasteiger partial charge in [0.2, 0.25) is 0 Å². The number of benzene rings is 1. The topological polar surface area (TPSA) is 69.7 Å². The Bertz CT molecular complexity index is 881. The van der Waals surface area contributed by atoms with Crippen LogP contribution in [0.5, 0.6) is 0 Å². The van der Waals surface area contributed by atoms with E-state index in [9.17, 15) is 13.2 Å². The fourth-order valence-corrected chi connectivity index (χ4v) is 5.35. The Morgan fingerprint density at radius 3 is 2.52 bits per heavy atom. The summed E-state index contributed by atoms with van der Waals surface area (Å²) in [6, 6.07) is 7.49. The summed E-state index contributed by atoms with van der Waals surface area (Å²) in [6.45, 7) is 4.19. The van der Waals surface area contributed by atoms with E-state index in [0.29, 0.717) is 18.4 Å². The molecule has 1 heterocycles. The minimum Gasteiger partial charge on any atom is -0.495 e. The van der Waals surface area contributed by atoms with E-state index in [4.69, 9.17) is 9.47 Å². The molecule has 0 radical (unpaired) electrons. The Labute approximate surface area is 161 Å². The Morgan fingerprint density at radius 1 is 1.19 bits per heavy atom. The highest BCUT2D eigenvalue weighted by molar-refractivity contribution is 7.91. The van der Waals surface area contributed by atoms with Crippen molar-refractivity contribution in [2.45, 2.75) is 39.2 Å². The molecule has 0 spiro atoms. The molecule has 27 heavy (non-hydrogen) atoms. The van der Waals surface area contributed by atoms with E-state index in [1.54, 1.807) is 6.07 Å². The number of rotatable bonds is 4. The molecular weight excluding hydrogens is 364 g/mol. The van der Waals surface area contributed by atoms with Gasteiger partial charge >= 0.3 is 5.97 Å². The molecule has 1 saturated heterocycles. The summed E-state index contributed by atoms with van der Waals surface area (Å²) in [5, 5.41) is 0. The van der Waals surface area contributed by atoms with E-state index in [0.717, 1.165) is 23.3 Å². The predicted molar refractivity (Wildman–Crippen MR) is 105 cm³/mol. The maximum Gasteiger partial charge on any atom is 0.337 e. The Hall–Kier alpha value is -2.08. The molecule has 1 aromatic rings. The third-order valence-electron chi connectivity index (χ3n) is 5.22. The van der Waals surface area contributed by atoms with Crippen LogP contribution in [0.3, 0.4) is 0 Å². The first-order chi connectivity index (χ1) is 12.8. The second kappa shape index (κ2) is 7.89. The summed E-state index contributed by atoms with van der Waals surface area (Å²) in [5.74, 6) is 1.23. The lowest BCUT2D eigenvalue weighted by Crippen LogP contribution is -2.29. The van der Waals surface area contributed by atoms with Gasteiger partial charge in [0.1, 0.15) is 6.10 Å². The first kappa shape index (κ1) is 19.7. The van der Waals surface area contributed by atoms with E-state index in [1.807, 2.05) is 31.2 Å². The van der Waals surface area contributed by atoms with Crippen molar-refractivity contribution in [3.8, 4) is 0 Å². The van der Waals surface area contributed by atoms with Crippen LogP contribution in [0.1, 0.15) is 49.0 Å². The molecule has 1 fully saturated rings. The van der Waals surface area contributed by atoms with Crippen LogP contribution in [0, 0.1) is 5.92 Å². The van der Waals surface area contributed by atoms with Crippen LogP contribution in [-0.4, -0.2) is 39.1 Å². The summed E-state index contributed by atoms with van der Waals surface area (Å²) in [6.07, 6.45) is 3.90. The summed E-state index contributed by atoms with van der Waals surface area (Å²) in [4.78, 5) is 11.8. The fourth-order valence-electron chi connectivity index (χ4n) is 3.90. The van der Waals surface area contributed by atoms with Crippen LogP contribution >= 0.6 is 0 Å². The summed E-state index contributed by atoms with van der Waals surface area (Å²) >= 11 is 0. The molecule has 1 atom stereocenters. The molecule has 0 bridgehead atoms. The Balaban J connectivity index is 1.80. The van der Waals surface area contributed by atoms with Gasteiger partial charge in [0.05, 0.1) is 29.9 Å². The second-order valence-corrected chi connectivity index (χ2v) is 9.66. The molecule has 0 amide bonds. The number of allylic oxidation sites excluding steroid dienone is 4. The van der Waals surface area contributed by atoms with Gasteiger partial charge in [-0.05, 0) is 60.6 Å². The number of methoxy groups -OCH3 is 1. The quantitative estimate of drug-likeness (QED) is 0.732. The van der Waals surface area contributed by atoms with Crippen molar-refractivity contribution in [2.24, 2.45) is 5.92 Å². The average Bonchev–Trinajstić information content (AvgIpc) is 2.62. The highest BCUT2D eigenvalue weighted by atomic mass is 32.2. The number of carbonyl (C=O) groups excluding carboxylic acids is 1. The van der Waals surface area contributed by atoms with Gasteiger partial charge in [-0.15, -0.1) is 0 Å². The smallest absolute Gasteiger partial charge is 0.337 e. The number of hydrogen-bond donors (Lipinski definition) is 0. The van der Waals surface area contributed by atoms with Crippen LogP contribution in [0.2, 0.25) is 0 Å². The number of ether oxygens (including phenoxy) is 2. The van der Waals surface area contributed by atoms with Gasteiger partial charge in [-0.2, -0.15) is 0 Å². The van der Waals surface area contributed by atoms with Crippen LogP contribution in [0.15, 0.2) is 41.7 Å². The highest BCUT2D eigenvalue weighted by Gasteiger charge is 2.27. The lowest BCUT2D eigenvalue weighted by Gasteiger charge is -2.29. The van der Waals surface area contributed by atoms with Crippen LogP contribution in [0.4, 0.5) is 0 Å². The van der Waals surface area contributed by atoms with Crippen molar-refractivity contribution in [1.82, 2.24) is 0 Å². The number of esters is 1. The zero-order valence-corrected chi connectivity index (χ0v) is 16.8. The molecule has 146 valence electrons. The molecule has 1 aliphatic heterocycles. The third kappa shape index (κ3) is 4.61. The first-order valence-electron chi connectivity index (χ1n) is 9.26. The van der Waals surface area contributed by atoms with Gasteiger partial charge in [0.25, 0.3) is 0 Å². The lowest BCUT2D eigenvalue weighted by atomic mass is 9.83. The summed E-state index contributed by atoms with van der Waals surface area (Å²) in [7, 11) is -1.50. The number of hydrogen-bond acceptors (Lipinski definition) is 5. The molecule has 6 heteroatoms. The molecule has 0 unspecified atom stereocenters. The Morgan fingerprint density at radius 2 is 1.89 bits per heavy atom. The monoisotopic (exact) mass is 390 g/mol. The molecule has 3 rings (SSSR count). The number of carbonyl (C=O) groups is 1. The van der Waals surface area contributed by atoms with Gasteiger partial charge in [0, 0.05) is 6.42 Å². The maximum absolute atomic E-state index is 11.8. The van der Waals surface area contributed by atoms with Crippen molar-refractivity contribution < 1.29 is 22.7 Å². The van der Waals surface area contributed by atoms with Crippen molar-refractivity contribution in [3.05, 3.63) is 52.8 Å². The van der Waals surface area contributed by atoms with Crippen molar-refractivity contribution >= 4 is 21.4 Å². The standard InChI is InChI=1S/C21H26O5S/c1-14-11-19(26-18-7-9-27(23,24)10-8-18)12-15(2)20(14)16-5-4-6-17(13-16)21(22)25-3/h4-6,11,13,15,18H,7-10,12H2,1-3H3/t15-/m0/s1. The van der Waals surface area contributed by atoms with Crippen molar-refractivity contribution in [2.75, 3.05) is 18.6 Å². The van der Waals surface area contributed by atoms with Crippen molar-refractivity contribution in [3.63, 3.8) is 0 Å². The van der Waals surface area contributed by atoms with Gasteiger partial charge in [0.15, 0.2) is 9.84 Å². The summed E-state index contributed by atoms with van der Waals surface area (Å²) < 4.78 is 34.1. The van der Waals surface area contributed by atoms with Crippen LogP contribution in [0.25, 0.3) is 5.57 Å². The fraction of sp³-hybridized carbons (Fsp3) is 0.476. The third-order valence-corrected chi connectivity index (χ3v) is 6.93. The first-order valence-corrected chi connectivity index (χ1v) is 11.1. The lowest BCUT2D eigenvalue weighted by molar-refractivity contribution is 0.0600. The van der Waals surface area contributed by atoms with E-state index in [2.05, 4.69) is 6.92 Å².